The maximum atomic E-state index is 12.2. The smallest absolute Gasteiger partial charge is 0.338 e. The number of ether oxygens (including phenoxy) is 2. The fraction of sp³-hybridized carbons (Fsp3) is 0.778. The molecule has 1 aliphatic rings. The Morgan fingerprint density at radius 3 is 1.62 bits per heavy atom. The third kappa shape index (κ3) is 15.8. The topological polar surface area (TPSA) is 52.6 Å². The van der Waals surface area contributed by atoms with Gasteiger partial charge in [-0.15, -0.1) is 0 Å². The minimum absolute atomic E-state index is 0. The number of rotatable bonds is 9. The monoisotopic (exact) mass is 569 g/mol. The first-order chi connectivity index (χ1) is 16.6. The lowest BCUT2D eigenvalue weighted by Crippen LogP contribution is -2.35. The van der Waals surface area contributed by atoms with Crippen LogP contribution in [0.4, 0.5) is 0 Å². The van der Waals surface area contributed by atoms with E-state index in [0.29, 0.717) is 5.56 Å². The summed E-state index contributed by atoms with van der Waals surface area (Å²) >= 11 is 0. The standard InChI is InChI=1S/C18H26O2.C12H24O2.C2H6.4CH4/c1-5-17(2,3)15-10-8-14(9-11-15)16(19)20-18(4)12-6-7-13-18;1-7-9-12(5,6)14-10(13)11(3,4)8-2;1-2;;;;/h8-11H,5-7,12-13H2,1-4H3;7-9H2,1-6H3;1-2H3;4*1H4. The average Bonchev–Trinajstić information content (AvgIpc) is 3.26. The van der Waals surface area contributed by atoms with E-state index in [-0.39, 0.29) is 63.7 Å². The molecule has 0 atom stereocenters. The lowest BCUT2D eigenvalue weighted by molar-refractivity contribution is -0.168. The molecule has 240 valence electrons. The molecule has 1 aromatic carbocycles. The molecule has 4 heteroatoms. The van der Waals surface area contributed by atoms with Crippen molar-refractivity contribution in [2.75, 3.05) is 0 Å². The predicted octanol–water partition coefficient (Wildman–Crippen LogP) is 12.0. The van der Waals surface area contributed by atoms with E-state index >= 15 is 0 Å². The normalized spacial score (nSPS) is 13.6. The van der Waals surface area contributed by atoms with Crippen molar-refractivity contribution in [3.8, 4) is 0 Å². The Hall–Kier alpha value is -1.84. The van der Waals surface area contributed by atoms with Crippen molar-refractivity contribution in [1.29, 1.82) is 0 Å². The van der Waals surface area contributed by atoms with Gasteiger partial charge in [-0.1, -0.05) is 96.7 Å². The van der Waals surface area contributed by atoms with Gasteiger partial charge in [0, 0.05) is 0 Å². The molecule has 0 amide bonds. The van der Waals surface area contributed by atoms with E-state index in [1.54, 1.807) is 0 Å². The minimum Gasteiger partial charge on any atom is -0.459 e. The van der Waals surface area contributed by atoms with Gasteiger partial charge in [-0.25, -0.2) is 4.79 Å². The van der Waals surface area contributed by atoms with Gasteiger partial charge in [0.25, 0.3) is 0 Å². The van der Waals surface area contributed by atoms with Crippen LogP contribution >= 0.6 is 0 Å². The molecule has 40 heavy (non-hydrogen) atoms. The van der Waals surface area contributed by atoms with Crippen LogP contribution in [0.25, 0.3) is 0 Å². The largest absolute Gasteiger partial charge is 0.459 e. The van der Waals surface area contributed by atoms with E-state index in [9.17, 15) is 9.59 Å². The highest BCUT2D eigenvalue weighted by Crippen LogP contribution is 2.34. The summed E-state index contributed by atoms with van der Waals surface area (Å²) in [7, 11) is 0. The fourth-order valence-corrected chi connectivity index (χ4v) is 3.96. The third-order valence-electron chi connectivity index (χ3n) is 7.44. The highest BCUT2D eigenvalue weighted by Gasteiger charge is 2.33. The summed E-state index contributed by atoms with van der Waals surface area (Å²) in [6.45, 7) is 24.6. The van der Waals surface area contributed by atoms with Crippen LogP contribution in [0.15, 0.2) is 24.3 Å². The molecule has 0 spiro atoms. The molecular weight excluding hydrogens is 496 g/mol. The quantitative estimate of drug-likeness (QED) is 0.278. The number of hydrogen-bond acceptors (Lipinski definition) is 4. The molecule has 0 radical (unpaired) electrons. The maximum absolute atomic E-state index is 12.2. The van der Waals surface area contributed by atoms with Crippen molar-refractivity contribution in [2.24, 2.45) is 5.41 Å². The first-order valence-electron chi connectivity index (χ1n) is 14.2. The van der Waals surface area contributed by atoms with Crippen LogP contribution in [0.2, 0.25) is 0 Å². The van der Waals surface area contributed by atoms with Crippen molar-refractivity contribution in [1.82, 2.24) is 0 Å². The Morgan fingerprint density at radius 1 is 0.800 bits per heavy atom. The van der Waals surface area contributed by atoms with Gasteiger partial charge in [0.15, 0.2) is 0 Å². The molecule has 2 rings (SSSR count). The highest BCUT2D eigenvalue weighted by atomic mass is 16.6. The Kier molecular flexibility index (Phi) is 25.1. The first kappa shape index (κ1) is 47.9. The zero-order chi connectivity index (χ0) is 28.2. The van der Waals surface area contributed by atoms with E-state index in [0.717, 1.165) is 51.4 Å². The summed E-state index contributed by atoms with van der Waals surface area (Å²) in [6, 6.07) is 7.90. The number of hydrogen-bond donors (Lipinski definition) is 0. The zero-order valence-electron chi connectivity index (χ0n) is 25.6. The van der Waals surface area contributed by atoms with Crippen LogP contribution < -0.4 is 0 Å². The van der Waals surface area contributed by atoms with Crippen molar-refractivity contribution >= 4 is 11.9 Å². The molecule has 4 nitrogen and oxygen atoms in total. The van der Waals surface area contributed by atoms with Gasteiger partial charge in [-0.05, 0) is 103 Å². The number of carbonyl (C=O) groups is 2. The van der Waals surface area contributed by atoms with E-state index in [1.165, 1.54) is 5.56 Å². The Balaban J connectivity index is -0.000000184. The van der Waals surface area contributed by atoms with Crippen LogP contribution in [-0.4, -0.2) is 23.1 Å². The van der Waals surface area contributed by atoms with Gasteiger partial charge < -0.3 is 9.47 Å². The Morgan fingerprint density at radius 2 is 1.25 bits per heavy atom. The van der Waals surface area contributed by atoms with Crippen LogP contribution in [0, 0.1) is 5.41 Å². The first-order valence-corrected chi connectivity index (χ1v) is 14.2. The van der Waals surface area contributed by atoms with E-state index in [4.69, 9.17) is 9.47 Å². The molecule has 0 saturated heterocycles. The third-order valence-corrected chi connectivity index (χ3v) is 7.44. The van der Waals surface area contributed by atoms with Crippen molar-refractivity contribution in [2.45, 2.75) is 181 Å². The molecule has 1 aromatic rings. The second-order valence-electron chi connectivity index (χ2n) is 12.0. The molecule has 0 bridgehead atoms. The molecule has 1 aliphatic carbocycles. The fourth-order valence-electron chi connectivity index (χ4n) is 3.96. The van der Waals surface area contributed by atoms with Gasteiger partial charge in [0.05, 0.1) is 11.0 Å². The Bertz CT molecular complexity index is 782. The maximum Gasteiger partial charge on any atom is 0.338 e. The van der Waals surface area contributed by atoms with Gasteiger partial charge in [0.1, 0.15) is 11.2 Å². The van der Waals surface area contributed by atoms with Crippen LogP contribution in [-0.2, 0) is 19.7 Å². The van der Waals surface area contributed by atoms with Crippen molar-refractivity contribution in [3.63, 3.8) is 0 Å². The van der Waals surface area contributed by atoms with Crippen LogP contribution in [0.5, 0.6) is 0 Å². The Labute approximate surface area is 252 Å². The van der Waals surface area contributed by atoms with Gasteiger partial charge in [-0.2, -0.15) is 0 Å². The number of esters is 2. The molecule has 0 heterocycles. The number of benzene rings is 1. The molecule has 0 unspecified atom stereocenters. The second-order valence-corrected chi connectivity index (χ2v) is 12.0. The van der Waals surface area contributed by atoms with Gasteiger partial charge >= 0.3 is 11.9 Å². The highest BCUT2D eigenvalue weighted by molar-refractivity contribution is 5.89. The van der Waals surface area contributed by atoms with E-state index in [2.05, 4.69) is 39.8 Å². The molecular formula is C36H72O4. The summed E-state index contributed by atoms with van der Waals surface area (Å²) in [4.78, 5) is 24.0. The summed E-state index contributed by atoms with van der Waals surface area (Å²) in [6.07, 6.45) is 8.13. The second kappa shape index (κ2) is 20.9. The molecule has 0 N–H and O–H groups in total. The summed E-state index contributed by atoms with van der Waals surface area (Å²) in [5.41, 5.74) is 1.15. The van der Waals surface area contributed by atoms with Crippen LogP contribution in [0.3, 0.4) is 0 Å². The SMILES string of the molecule is C.C.C.C.CC.CCC(C)(C)c1ccc(C(=O)OC2(C)CCCC2)cc1.CCCC(C)(C)OC(=O)C(C)(C)CC. The van der Waals surface area contributed by atoms with Crippen LogP contribution in [0.1, 0.15) is 180 Å². The molecule has 1 saturated carbocycles. The lowest BCUT2D eigenvalue weighted by atomic mass is 9.82. The zero-order valence-corrected chi connectivity index (χ0v) is 25.6. The summed E-state index contributed by atoms with van der Waals surface area (Å²) in [5.74, 6) is -0.270. The summed E-state index contributed by atoms with van der Waals surface area (Å²) in [5, 5.41) is 0. The van der Waals surface area contributed by atoms with E-state index < -0.39 is 0 Å². The lowest BCUT2D eigenvalue weighted by Gasteiger charge is -2.30. The minimum atomic E-state index is -0.356. The van der Waals surface area contributed by atoms with Gasteiger partial charge in [0.2, 0.25) is 0 Å². The molecule has 0 aliphatic heterocycles. The molecule has 1 fully saturated rings. The average molecular weight is 569 g/mol. The van der Waals surface area contributed by atoms with Crippen molar-refractivity contribution in [3.05, 3.63) is 35.4 Å². The van der Waals surface area contributed by atoms with Crippen molar-refractivity contribution < 1.29 is 19.1 Å². The van der Waals surface area contributed by atoms with E-state index in [1.807, 2.05) is 67.5 Å². The molecule has 0 aromatic heterocycles. The number of carbonyl (C=O) groups excluding carboxylic acids is 2. The predicted molar refractivity (Wildman–Crippen MR) is 179 cm³/mol. The van der Waals surface area contributed by atoms with Gasteiger partial charge in [-0.3, -0.25) is 4.79 Å². The summed E-state index contributed by atoms with van der Waals surface area (Å²) < 4.78 is 11.2.